The Bertz CT molecular complexity index is 734. The maximum Gasteiger partial charge on any atom is 0.273 e. The minimum Gasteiger partial charge on any atom is -0.320 e. The van der Waals surface area contributed by atoms with Crippen molar-refractivity contribution < 1.29 is 4.79 Å². The molecule has 1 aromatic carbocycles. The van der Waals surface area contributed by atoms with Gasteiger partial charge in [-0.05, 0) is 43.7 Å². The van der Waals surface area contributed by atoms with Gasteiger partial charge in [0.05, 0.1) is 12.2 Å². The molecule has 0 radical (unpaired) electrons. The molecule has 0 aliphatic carbocycles. The van der Waals surface area contributed by atoms with Crippen molar-refractivity contribution in [1.29, 1.82) is 0 Å². The number of aryl methyl sites for hydroxylation is 3. The third-order valence-electron chi connectivity index (χ3n) is 3.04. The first-order chi connectivity index (χ1) is 10.0. The fourth-order valence-electron chi connectivity index (χ4n) is 2.04. The van der Waals surface area contributed by atoms with Gasteiger partial charge in [-0.15, -0.1) is 0 Å². The highest BCUT2D eigenvalue weighted by Gasteiger charge is 2.12. The number of carbonyl (C=O) groups excluding carboxylic acids is 1. The summed E-state index contributed by atoms with van der Waals surface area (Å²) < 4.78 is 1.57. The van der Waals surface area contributed by atoms with E-state index in [9.17, 15) is 4.79 Å². The van der Waals surface area contributed by atoms with E-state index in [-0.39, 0.29) is 5.91 Å². The van der Waals surface area contributed by atoms with E-state index in [2.05, 4.69) is 22.3 Å². The van der Waals surface area contributed by atoms with Gasteiger partial charge in [-0.1, -0.05) is 11.8 Å². The molecule has 21 heavy (non-hydrogen) atoms. The minimum atomic E-state index is -0.179. The summed E-state index contributed by atoms with van der Waals surface area (Å²) in [7, 11) is 1.75. The normalized spacial score (nSPS) is 9.90. The number of carbonyl (C=O) groups is 1. The van der Waals surface area contributed by atoms with Gasteiger partial charge in [0.2, 0.25) is 0 Å². The maximum atomic E-state index is 12.2. The molecule has 108 valence electrons. The van der Waals surface area contributed by atoms with Gasteiger partial charge in [0.1, 0.15) is 5.69 Å². The summed E-state index contributed by atoms with van der Waals surface area (Å²) in [4.78, 5) is 12.2. The summed E-state index contributed by atoms with van der Waals surface area (Å²) >= 11 is 0. The third-order valence-corrected chi connectivity index (χ3v) is 3.04. The molecule has 1 aromatic heterocycles. The van der Waals surface area contributed by atoms with Crippen LogP contribution in [0.3, 0.4) is 0 Å². The first-order valence-electron chi connectivity index (χ1n) is 6.63. The SMILES string of the molecule is Cc1cc(C(=O)Nc2ccc(C#CCN)cc2C)n(C)n1. The zero-order valence-corrected chi connectivity index (χ0v) is 12.4. The van der Waals surface area contributed by atoms with Gasteiger partial charge in [0.25, 0.3) is 5.91 Å². The Morgan fingerprint density at radius 1 is 1.38 bits per heavy atom. The van der Waals surface area contributed by atoms with E-state index in [4.69, 9.17) is 5.73 Å². The lowest BCUT2D eigenvalue weighted by Gasteiger charge is -2.08. The highest BCUT2D eigenvalue weighted by atomic mass is 16.2. The Morgan fingerprint density at radius 3 is 2.71 bits per heavy atom. The summed E-state index contributed by atoms with van der Waals surface area (Å²) in [6.07, 6.45) is 0. The second kappa shape index (κ2) is 6.25. The standard InChI is InChI=1S/C16H18N4O/c1-11-9-13(5-4-8-17)6-7-14(11)18-16(21)15-10-12(2)19-20(15)3/h6-7,9-10H,8,17H2,1-3H3,(H,18,21). The van der Waals surface area contributed by atoms with Crippen LogP contribution in [0.1, 0.15) is 27.3 Å². The molecule has 1 heterocycles. The molecule has 0 fully saturated rings. The van der Waals surface area contributed by atoms with Gasteiger partial charge >= 0.3 is 0 Å². The topological polar surface area (TPSA) is 72.9 Å². The number of hydrogen-bond acceptors (Lipinski definition) is 3. The molecule has 0 saturated carbocycles. The largest absolute Gasteiger partial charge is 0.320 e. The molecular formula is C16H18N4O. The molecule has 0 saturated heterocycles. The number of nitrogens with one attached hydrogen (secondary N) is 1. The van der Waals surface area contributed by atoms with E-state index in [0.717, 1.165) is 22.5 Å². The molecule has 1 amide bonds. The van der Waals surface area contributed by atoms with Crippen LogP contribution >= 0.6 is 0 Å². The highest BCUT2D eigenvalue weighted by Crippen LogP contribution is 2.17. The van der Waals surface area contributed by atoms with Crippen LogP contribution < -0.4 is 11.1 Å². The Morgan fingerprint density at radius 2 is 2.14 bits per heavy atom. The summed E-state index contributed by atoms with van der Waals surface area (Å²) in [5, 5.41) is 7.06. The third kappa shape index (κ3) is 3.50. The Labute approximate surface area is 124 Å². The molecule has 5 nitrogen and oxygen atoms in total. The predicted octanol–water partition coefficient (Wildman–Crippen LogP) is 1.60. The van der Waals surface area contributed by atoms with Crippen LogP contribution in [-0.4, -0.2) is 22.2 Å². The number of aromatic nitrogens is 2. The van der Waals surface area contributed by atoms with Crippen molar-refractivity contribution in [2.24, 2.45) is 12.8 Å². The van der Waals surface area contributed by atoms with Crippen molar-refractivity contribution in [3.05, 3.63) is 46.8 Å². The zero-order chi connectivity index (χ0) is 15.4. The molecule has 2 aromatic rings. The van der Waals surface area contributed by atoms with E-state index >= 15 is 0 Å². The lowest BCUT2D eigenvalue weighted by atomic mass is 10.1. The zero-order valence-electron chi connectivity index (χ0n) is 12.4. The quantitative estimate of drug-likeness (QED) is 0.822. The molecule has 3 N–H and O–H groups in total. The van der Waals surface area contributed by atoms with Crippen LogP contribution in [0.2, 0.25) is 0 Å². The fraction of sp³-hybridized carbons (Fsp3) is 0.250. The lowest BCUT2D eigenvalue weighted by molar-refractivity contribution is 0.101. The monoisotopic (exact) mass is 282 g/mol. The lowest BCUT2D eigenvalue weighted by Crippen LogP contribution is -2.16. The molecule has 2 rings (SSSR count). The summed E-state index contributed by atoms with van der Waals surface area (Å²) in [6, 6.07) is 7.38. The van der Waals surface area contributed by atoms with Crippen LogP contribution in [0, 0.1) is 25.7 Å². The van der Waals surface area contributed by atoms with Gasteiger partial charge in [0.15, 0.2) is 0 Å². The summed E-state index contributed by atoms with van der Waals surface area (Å²) in [5.74, 6) is 5.60. The molecule has 0 atom stereocenters. The smallest absolute Gasteiger partial charge is 0.273 e. The minimum absolute atomic E-state index is 0.179. The van der Waals surface area contributed by atoms with E-state index in [1.54, 1.807) is 17.8 Å². The molecular weight excluding hydrogens is 264 g/mol. The second-order valence-electron chi connectivity index (χ2n) is 4.78. The molecule has 0 unspecified atom stereocenters. The predicted molar refractivity (Wildman–Crippen MR) is 83.0 cm³/mol. The number of benzene rings is 1. The number of amides is 1. The molecule has 0 aliphatic heterocycles. The van der Waals surface area contributed by atoms with Gasteiger partial charge in [-0.25, -0.2) is 0 Å². The van der Waals surface area contributed by atoms with Crippen molar-refractivity contribution in [2.45, 2.75) is 13.8 Å². The molecule has 5 heteroatoms. The number of anilines is 1. The highest BCUT2D eigenvalue weighted by molar-refractivity contribution is 6.03. The Kier molecular flexibility index (Phi) is 4.41. The van der Waals surface area contributed by atoms with E-state index in [1.165, 1.54) is 0 Å². The number of nitrogens with two attached hydrogens (primary N) is 1. The van der Waals surface area contributed by atoms with Crippen LogP contribution in [0.15, 0.2) is 24.3 Å². The van der Waals surface area contributed by atoms with Crippen LogP contribution in [0.25, 0.3) is 0 Å². The van der Waals surface area contributed by atoms with Gasteiger partial charge < -0.3 is 11.1 Å². The first-order valence-corrected chi connectivity index (χ1v) is 6.63. The number of nitrogens with zero attached hydrogens (tertiary/aromatic N) is 2. The van der Waals surface area contributed by atoms with Crippen molar-refractivity contribution in [1.82, 2.24) is 9.78 Å². The van der Waals surface area contributed by atoms with Gasteiger partial charge in [0, 0.05) is 18.3 Å². The number of rotatable bonds is 2. The summed E-state index contributed by atoms with van der Waals surface area (Å²) in [6.45, 7) is 4.11. The Hall–Kier alpha value is -2.58. The van der Waals surface area contributed by atoms with Gasteiger partial charge in [-0.3, -0.25) is 9.48 Å². The average molecular weight is 282 g/mol. The van der Waals surface area contributed by atoms with Crippen molar-refractivity contribution in [3.8, 4) is 11.8 Å². The van der Waals surface area contributed by atoms with Crippen LogP contribution in [-0.2, 0) is 7.05 Å². The molecule has 0 bridgehead atoms. The summed E-state index contributed by atoms with van der Waals surface area (Å²) in [5.41, 5.74) is 9.28. The van der Waals surface area contributed by atoms with Crippen molar-refractivity contribution in [3.63, 3.8) is 0 Å². The molecule has 0 aliphatic rings. The first kappa shape index (κ1) is 14.8. The fourth-order valence-corrected chi connectivity index (χ4v) is 2.04. The van der Waals surface area contributed by atoms with E-state index < -0.39 is 0 Å². The van der Waals surface area contributed by atoms with Crippen LogP contribution in [0.4, 0.5) is 5.69 Å². The second-order valence-corrected chi connectivity index (χ2v) is 4.78. The maximum absolute atomic E-state index is 12.2. The van der Waals surface area contributed by atoms with Gasteiger partial charge in [-0.2, -0.15) is 5.10 Å². The van der Waals surface area contributed by atoms with E-state index in [1.807, 2.05) is 32.0 Å². The Balaban J connectivity index is 2.20. The number of hydrogen-bond donors (Lipinski definition) is 2. The van der Waals surface area contributed by atoms with Crippen molar-refractivity contribution >= 4 is 11.6 Å². The van der Waals surface area contributed by atoms with E-state index in [0.29, 0.717) is 12.2 Å². The van der Waals surface area contributed by atoms with Crippen molar-refractivity contribution in [2.75, 3.05) is 11.9 Å². The van der Waals surface area contributed by atoms with Crippen LogP contribution in [0.5, 0.6) is 0 Å². The average Bonchev–Trinajstić information content (AvgIpc) is 2.78. The molecule has 0 spiro atoms.